The van der Waals surface area contributed by atoms with Gasteiger partial charge in [0, 0.05) is 39.3 Å². The molecule has 1 fully saturated rings. The zero-order valence-electron chi connectivity index (χ0n) is 16.3. The van der Waals surface area contributed by atoms with Gasteiger partial charge in [-0.3, -0.25) is 9.59 Å². The lowest BCUT2D eigenvalue weighted by Crippen LogP contribution is -2.40. The highest BCUT2D eigenvalue weighted by atomic mass is 16.5. The number of nitrogens with zero attached hydrogens (tertiary/aromatic N) is 1. The van der Waals surface area contributed by atoms with Gasteiger partial charge in [0.25, 0.3) is 5.91 Å². The molecule has 2 rings (SSSR count). The first-order valence-electron chi connectivity index (χ1n) is 9.66. The van der Waals surface area contributed by atoms with Crippen LogP contribution in [0.5, 0.6) is 0 Å². The highest BCUT2D eigenvalue weighted by Gasteiger charge is 2.22. The van der Waals surface area contributed by atoms with Crippen LogP contribution < -0.4 is 5.32 Å². The number of ether oxygens (including phenoxy) is 1. The number of aryl methyl sites for hydroxylation is 2. The van der Waals surface area contributed by atoms with Gasteiger partial charge in [0.05, 0.1) is 5.56 Å². The number of nitrogens with one attached hydrogen (secondary N) is 1. The lowest BCUT2D eigenvalue weighted by atomic mass is 9.95. The monoisotopic (exact) mass is 364 g/mol. The molecule has 0 aromatic carbocycles. The molecule has 0 saturated heterocycles. The van der Waals surface area contributed by atoms with Crippen molar-refractivity contribution < 1.29 is 18.7 Å². The Hall–Kier alpha value is -1.82. The summed E-state index contributed by atoms with van der Waals surface area (Å²) in [6, 6.07) is 2.07. The molecule has 1 N–H and O–H groups in total. The standard InChI is InChI=1S/C20H32N2O4/c1-15-14-18(16(2)26-15)20(24)22(11-7-13-25-3)12-10-19(23)21-17-8-5-4-6-9-17/h14,17H,4-13H2,1-3H3,(H,21,23). The Morgan fingerprint density at radius 3 is 2.58 bits per heavy atom. The van der Waals surface area contributed by atoms with Crippen LogP contribution >= 0.6 is 0 Å². The minimum absolute atomic E-state index is 0.0292. The Morgan fingerprint density at radius 1 is 1.23 bits per heavy atom. The van der Waals surface area contributed by atoms with Gasteiger partial charge < -0.3 is 19.4 Å². The summed E-state index contributed by atoms with van der Waals surface area (Å²) < 4.78 is 10.6. The fraction of sp³-hybridized carbons (Fsp3) is 0.700. The zero-order chi connectivity index (χ0) is 18.9. The van der Waals surface area contributed by atoms with E-state index in [0.29, 0.717) is 43.5 Å². The third-order valence-corrected chi connectivity index (χ3v) is 4.91. The summed E-state index contributed by atoms with van der Waals surface area (Å²) in [5.41, 5.74) is 0.576. The molecule has 0 radical (unpaired) electrons. The van der Waals surface area contributed by atoms with Gasteiger partial charge in [0.2, 0.25) is 5.91 Å². The topological polar surface area (TPSA) is 71.8 Å². The molecule has 26 heavy (non-hydrogen) atoms. The van der Waals surface area contributed by atoms with Gasteiger partial charge in [-0.15, -0.1) is 0 Å². The Kier molecular flexibility index (Phi) is 8.16. The number of amides is 2. The Bertz CT molecular complexity index is 591. The van der Waals surface area contributed by atoms with E-state index in [0.717, 1.165) is 25.0 Å². The molecule has 0 unspecified atom stereocenters. The molecule has 1 aromatic rings. The van der Waals surface area contributed by atoms with Gasteiger partial charge in [-0.2, -0.15) is 0 Å². The minimum atomic E-state index is -0.0825. The van der Waals surface area contributed by atoms with Gasteiger partial charge >= 0.3 is 0 Å². The molecule has 0 atom stereocenters. The molecule has 6 heteroatoms. The summed E-state index contributed by atoms with van der Waals surface area (Å²) in [6.45, 7) is 5.18. The first-order valence-corrected chi connectivity index (χ1v) is 9.66. The van der Waals surface area contributed by atoms with E-state index in [4.69, 9.17) is 9.15 Å². The van der Waals surface area contributed by atoms with Crippen molar-refractivity contribution in [3.05, 3.63) is 23.2 Å². The summed E-state index contributed by atoms with van der Waals surface area (Å²) in [5, 5.41) is 3.12. The summed E-state index contributed by atoms with van der Waals surface area (Å²) in [6.07, 6.45) is 6.83. The van der Waals surface area contributed by atoms with Crippen LogP contribution in [-0.2, 0) is 9.53 Å². The van der Waals surface area contributed by atoms with E-state index in [9.17, 15) is 9.59 Å². The van der Waals surface area contributed by atoms with E-state index in [1.165, 1.54) is 19.3 Å². The molecule has 1 heterocycles. The Balaban J connectivity index is 1.91. The second-order valence-electron chi connectivity index (χ2n) is 7.12. The van der Waals surface area contributed by atoms with Crippen LogP contribution in [0.3, 0.4) is 0 Å². The minimum Gasteiger partial charge on any atom is -0.466 e. The Morgan fingerprint density at radius 2 is 1.96 bits per heavy atom. The van der Waals surface area contributed by atoms with Crippen molar-refractivity contribution >= 4 is 11.8 Å². The van der Waals surface area contributed by atoms with E-state index >= 15 is 0 Å². The maximum atomic E-state index is 12.9. The number of hydrogen-bond acceptors (Lipinski definition) is 4. The molecule has 1 aliphatic rings. The predicted octanol–water partition coefficient (Wildman–Crippen LogP) is 3.21. The van der Waals surface area contributed by atoms with Crippen molar-refractivity contribution in [2.45, 2.75) is 64.8 Å². The number of furan rings is 1. The van der Waals surface area contributed by atoms with Crippen molar-refractivity contribution in [3.63, 3.8) is 0 Å². The van der Waals surface area contributed by atoms with Crippen LogP contribution in [0, 0.1) is 13.8 Å². The summed E-state index contributed by atoms with van der Waals surface area (Å²) in [5.74, 6) is 1.29. The zero-order valence-corrected chi connectivity index (χ0v) is 16.3. The van der Waals surface area contributed by atoms with Gasteiger partial charge in [0.1, 0.15) is 11.5 Å². The van der Waals surface area contributed by atoms with E-state index in [2.05, 4.69) is 5.32 Å². The summed E-state index contributed by atoms with van der Waals surface area (Å²) >= 11 is 0. The molecule has 6 nitrogen and oxygen atoms in total. The molecule has 0 bridgehead atoms. The van der Waals surface area contributed by atoms with Crippen molar-refractivity contribution in [3.8, 4) is 0 Å². The quantitative estimate of drug-likeness (QED) is 0.683. The predicted molar refractivity (Wildman–Crippen MR) is 100 cm³/mol. The number of rotatable bonds is 9. The molecular formula is C20H32N2O4. The maximum absolute atomic E-state index is 12.9. The molecule has 0 spiro atoms. The van der Waals surface area contributed by atoms with Crippen LogP contribution in [0.2, 0.25) is 0 Å². The van der Waals surface area contributed by atoms with Crippen LogP contribution in [0.4, 0.5) is 0 Å². The Labute approximate surface area is 156 Å². The summed E-state index contributed by atoms with van der Waals surface area (Å²) in [4.78, 5) is 26.9. The van der Waals surface area contributed by atoms with Crippen LogP contribution in [0.1, 0.15) is 66.8 Å². The molecule has 1 aliphatic carbocycles. The second kappa shape index (κ2) is 10.4. The molecule has 2 amide bonds. The normalized spacial score (nSPS) is 15.0. The molecule has 146 valence electrons. The first-order chi connectivity index (χ1) is 12.5. The van der Waals surface area contributed by atoms with Crippen molar-refractivity contribution in [1.82, 2.24) is 10.2 Å². The third kappa shape index (κ3) is 6.16. The van der Waals surface area contributed by atoms with E-state index in [1.807, 2.05) is 6.92 Å². The lowest BCUT2D eigenvalue weighted by Gasteiger charge is -2.25. The number of carbonyl (C=O) groups excluding carboxylic acids is 2. The van der Waals surface area contributed by atoms with Gasteiger partial charge in [-0.05, 0) is 39.2 Å². The molecule has 0 aliphatic heterocycles. The van der Waals surface area contributed by atoms with Crippen LogP contribution in [0.15, 0.2) is 10.5 Å². The van der Waals surface area contributed by atoms with Gasteiger partial charge in [-0.25, -0.2) is 0 Å². The average molecular weight is 364 g/mol. The fourth-order valence-electron chi connectivity index (χ4n) is 3.51. The van der Waals surface area contributed by atoms with Crippen molar-refractivity contribution in [2.75, 3.05) is 26.8 Å². The fourth-order valence-corrected chi connectivity index (χ4v) is 3.51. The molecule has 1 aromatic heterocycles. The first kappa shape index (κ1) is 20.5. The third-order valence-electron chi connectivity index (χ3n) is 4.91. The largest absolute Gasteiger partial charge is 0.466 e. The highest BCUT2D eigenvalue weighted by Crippen LogP contribution is 2.18. The van der Waals surface area contributed by atoms with E-state index in [1.54, 1.807) is 25.0 Å². The highest BCUT2D eigenvalue weighted by molar-refractivity contribution is 5.95. The second-order valence-corrected chi connectivity index (χ2v) is 7.12. The van der Waals surface area contributed by atoms with Crippen LogP contribution in [0.25, 0.3) is 0 Å². The lowest BCUT2D eigenvalue weighted by molar-refractivity contribution is -0.122. The van der Waals surface area contributed by atoms with E-state index in [-0.39, 0.29) is 11.8 Å². The maximum Gasteiger partial charge on any atom is 0.257 e. The number of carbonyl (C=O) groups is 2. The SMILES string of the molecule is COCCCN(CCC(=O)NC1CCCCC1)C(=O)c1cc(C)oc1C. The number of methoxy groups -OCH3 is 1. The van der Waals surface area contributed by atoms with Crippen molar-refractivity contribution in [1.29, 1.82) is 0 Å². The van der Waals surface area contributed by atoms with Crippen LogP contribution in [-0.4, -0.2) is 49.6 Å². The summed E-state index contributed by atoms with van der Waals surface area (Å²) in [7, 11) is 1.65. The molecule has 1 saturated carbocycles. The smallest absolute Gasteiger partial charge is 0.257 e. The number of hydrogen-bond donors (Lipinski definition) is 1. The van der Waals surface area contributed by atoms with Crippen molar-refractivity contribution in [2.24, 2.45) is 0 Å². The van der Waals surface area contributed by atoms with E-state index < -0.39 is 0 Å². The average Bonchev–Trinajstić information content (AvgIpc) is 2.96. The van der Waals surface area contributed by atoms with Gasteiger partial charge in [0.15, 0.2) is 0 Å². The van der Waals surface area contributed by atoms with Gasteiger partial charge in [-0.1, -0.05) is 19.3 Å². The molecular weight excluding hydrogens is 332 g/mol.